The van der Waals surface area contributed by atoms with Crippen molar-refractivity contribution in [1.82, 2.24) is 19.9 Å². The van der Waals surface area contributed by atoms with E-state index in [0.717, 1.165) is 29.8 Å². The number of aromatic nitrogens is 3. The number of nitrogens with one attached hydrogen (secondary N) is 1. The molecule has 2 fully saturated rings. The maximum Gasteiger partial charge on any atom is 0.416 e. The van der Waals surface area contributed by atoms with Gasteiger partial charge in [0.05, 0.1) is 24.9 Å². The fourth-order valence-corrected chi connectivity index (χ4v) is 4.67. The first kappa shape index (κ1) is 22.3. The molecule has 186 valence electrons. The van der Waals surface area contributed by atoms with E-state index in [1.54, 1.807) is 25.4 Å². The van der Waals surface area contributed by atoms with E-state index in [1.165, 1.54) is 4.90 Å². The van der Waals surface area contributed by atoms with Crippen LogP contribution in [0.15, 0.2) is 36.5 Å². The van der Waals surface area contributed by atoms with E-state index in [-0.39, 0.29) is 18.6 Å². The van der Waals surface area contributed by atoms with Gasteiger partial charge >= 0.3 is 6.09 Å². The van der Waals surface area contributed by atoms with Crippen LogP contribution in [0.2, 0.25) is 0 Å². The minimum Gasteiger partial charge on any atom is -0.481 e. The van der Waals surface area contributed by atoms with Crippen LogP contribution in [-0.2, 0) is 9.53 Å². The minimum absolute atomic E-state index is 0.0467. The van der Waals surface area contributed by atoms with Crippen LogP contribution in [-0.4, -0.2) is 90.9 Å². The van der Waals surface area contributed by atoms with Crippen molar-refractivity contribution in [3.05, 3.63) is 36.5 Å². The van der Waals surface area contributed by atoms with Gasteiger partial charge in [0.25, 0.3) is 5.91 Å². The lowest BCUT2D eigenvalue weighted by molar-refractivity contribution is -0.118. The number of anilines is 3. The van der Waals surface area contributed by atoms with Crippen molar-refractivity contribution in [2.24, 2.45) is 0 Å². The molecular weight excluding hydrogens is 466 g/mol. The number of likely N-dealkylation sites (N-methyl/N-ethyl adjacent to an activating group) is 1. The zero-order valence-corrected chi connectivity index (χ0v) is 19.9. The molecule has 3 aliphatic heterocycles. The molecule has 6 heterocycles. The maximum absolute atomic E-state index is 12.6. The van der Waals surface area contributed by atoms with Gasteiger partial charge in [-0.15, -0.1) is 0 Å². The molecule has 0 bridgehead atoms. The number of pyridine rings is 3. The SMILES string of the molecule is COc1ccc2nccc(N3CC(N(C)CC4CN(c5ccc6c(n5)NC(=O)CO6)C(=O)O4)C3)c2n1. The van der Waals surface area contributed by atoms with Crippen molar-refractivity contribution < 1.29 is 23.8 Å². The highest BCUT2D eigenvalue weighted by Gasteiger charge is 2.38. The van der Waals surface area contributed by atoms with Crippen LogP contribution in [0.4, 0.5) is 22.1 Å². The number of rotatable bonds is 6. The third-order valence-electron chi connectivity index (χ3n) is 6.67. The topological polar surface area (TPSA) is 122 Å². The lowest BCUT2D eigenvalue weighted by atomic mass is 10.1. The van der Waals surface area contributed by atoms with Gasteiger partial charge in [0.15, 0.2) is 18.2 Å². The van der Waals surface area contributed by atoms with E-state index >= 15 is 0 Å². The van der Waals surface area contributed by atoms with Crippen LogP contribution in [0.5, 0.6) is 11.6 Å². The Morgan fingerprint density at radius 1 is 1.14 bits per heavy atom. The van der Waals surface area contributed by atoms with Crippen LogP contribution < -0.4 is 24.6 Å². The Bertz CT molecular complexity index is 1350. The minimum atomic E-state index is -0.456. The molecular formula is C24H25N7O5. The fourth-order valence-electron chi connectivity index (χ4n) is 4.67. The summed E-state index contributed by atoms with van der Waals surface area (Å²) in [6.45, 7) is 2.57. The summed E-state index contributed by atoms with van der Waals surface area (Å²) in [6, 6.07) is 9.38. The summed E-state index contributed by atoms with van der Waals surface area (Å²) in [5.41, 5.74) is 2.67. The molecule has 0 saturated carbocycles. The van der Waals surface area contributed by atoms with Gasteiger partial charge in [0.1, 0.15) is 17.4 Å². The molecule has 3 aliphatic rings. The number of hydrogen-bond donors (Lipinski definition) is 1. The molecule has 36 heavy (non-hydrogen) atoms. The summed E-state index contributed by atoms with van der Waals surface area (Å²) >= 11 is 0. The number of carbonyl (C=O) groups excluding carboxylic acids is 2. The number of cyclic esters (lactones) is 1. The summed E-state index contributed by atoms with van der Waals surface area (Å²) in [6.07, 6.45) is 1.04. The maximum atomic E-state index is 12.6. The monoisotopic (exact) mass is 491 g/mol. The Hall–Kier alpha value is -4.19. The van der Waals surface area contributed by atoms with E-state index in [9.17, 15) is 9.59 Å². The van der Waals surface area contributed by atoms with Gasteiger partial charge < -0.3 is 24.4 Å². The zero-order chi connectivity index (χ0) is 24.8. The predicted molar refractivity (Wildman–Crippen MR) is 131 cm³/mol. The van der Waals surface area contributed by atoms with Crippen molar-refractivity contribution >= 4 is 40.4 Å². The number of methoxy groups -OCH3 is 1. The van der Waals surface area contributed by atoms with E-state index in [0.29, 0.717) is 42.4 Å². The molecule has 0 spiro atoms. The first-order valence-corrected chi connectivity index (χ1v) is 11.7. The molecule has 1 unspecified atom stereocenters. The van der Waals surface area contributed by atoms with Gasteiger partial charge in [-0.2, -0.15) is 0 Å². The number of ether oxygens (including phenoxy) is 3. The highest BCUT2D eigenvalue weighted by atomic mass is 16.6. The van der Waals surface area contributed by atoms with E-state index < -0.39 is 6.09 Å². The van der Waals surface area contributed by atoms with Crippen LogP contribution in [0.1, 0.15) is 0 Å². The van der Waals surface area contributed by atoms with Crippen LogP contribution >= 0.6 is 0 Å². The Morgan fingerprint density at radius 2 is 2.00 bits per heavy atom. The number of hydrogen-bond acceptors (Lipinski definition) is 10. The highest BCUT2D eigenvalue weighted by Crippen LogP contribution is 2.32. The lowest BCUT2D eigenvalue weighted by Crippen LogP contribution is -2.59. The number of fused-ring (bicyclic) bond motifs is 2. The number of carbonyl (C=O) groups is 2. The molecule has 0 aromatic carbocycles. The van der Waals surface area contributed by atoms with Crippen molar-refractivity contribution in [2.75, 3.05) is 62.1 Å². The molecule has 6 rings (SSSR count). The first-order valence-electron chi connectivity index (χ1n) is 11.7. The smallest absolute Gasteiger partial charge is 0.416 e. The van der Waals surface area contributed by atoms with Crippen LogP contribution in [0.25, 0.3) is 11.0 Å². The lowest BCUT2D eigenvalue weighted by Gasteiger charge is -2.45. The molecule has 0 radical (unpaired) electrons. The quantitative estimate of drug-likeness (QED) is 0.543. The second kappa shape index (κ2) is 8.79. The van der Waals surface area contributed by atoms with Crippen LogP contribution in [0.3, 0.4) is 0 Å². The standard InChI is InChI=1S/C24H25N7O5/c1-29(14-9-30(10-14)17-7-8-25-16-3-6-21(34-2)28-22(16)17)11-15-12-31(24(33)36-15)19-5-4-18-23(26-19)27-20(32)13-35-18/h3-8,14-15H,9-13H2,1-2H3,(H,26,27,32). The highest BCUT2D eigenvalue weighted by molar-refractivity contribution is 5.95. The predicted octanol–water partition coefficient (Wildman–Crippen LogP) is 1.51. The van der Waals surface area contributed by atoms with Crippen molar-refractivity contribution in [1.29, 1.82) is 0 Å². The summed E-state index contributed by atoms with van der Waals surface area (Å²) < 4.78 is 16.2. The third kappa shape index (κ3) is 3.98. The zero-order valence-electron chi connectivity index (χ0n) is 19.9. The molecule has 2 saturated heterocycles. The summed E-state index contributed by atoms with van der Waals surface area (Å²) in [7, 11) is 3.64. The summed E-state index contributed by atoms with van der Waals surface area (Å²) in [5.74, 6) is 1.48. The van der Waals surface area contributed by atoms with Gasteiger partial charge in [-0.05, 0) is 31.3 Å². The Morgan fingerprint density at radius 3 is 2.83 bits per heavy atom. The number of amides is 2. The van der Waals surface area contributed by atoms with Crippen molar-refractivity contribution in [3.8, 4) is 11.6 Å². The van der Waals surface area contributed by atoms with E-state index in [2.05, 4.69) is 30.1 Å². The molecule has 1 N–H and O–H groups in total. The van der Waals surface area contributed by atoms with E-state index in [4.69, 9.17) is 14.2 Å². The van der Waals surface area contributed by atoms with Crippen molar-refractivity contribution in [2.45, 2.75) is 12.1 Å². The molecule has 1 atom stereocenters. The second-order valence-corrected chi connectivity index (χ2v) is 9.02. The van der Waals surface area contributed by atoms with Crippen LogP contribution in [0, 0.1) is 0 Å². The molecule has 3 aromatic rings. The largest absolute Gasteiger partial charge is 0.481 e. The van der Waals surface area contributed by atoms with Crippen molar-refractivity contribution in [3.63, 3.8) is 0 Å². The first-order chi connectivity index (χ1) is 17.5. The molecule has 2 amide bonds. The van der Waals surface area contributed by atoms with Gasteiger partial charge in [-0.1, -0.05) is 0 Å². The van der Waals surface area contributed by atoms with Gasteiger partial charge in [-0.3, -0.25) is 19.6 Å². The number of nitrogens with zero attached hydrogens (tertiary/aromatic N) is 6. The fraction of sp³-hybridized carbons (Fsp3) is 0.375. The second-order valence-electron chi connectivity index (χ2n) is 9.02. The Balaban J connectivity index is 1.08. The van der Waals surface area contributed by atoms with E-state index in [1.807, 2.05) is 25.2 Å². The summed E-state index contributed by atoms with van der Waals surface area (Å²) in [4.78, 5) is 43.5. The average molecular weight is 492 g/mol. The normalized spacial score (nSPS) is 19.6. The molecule has 12 nitrogen and oxygen atoms in total. The van der Waals surface area contributed by atoms with Gasteiger partial charge in [-0.25, -0.2) is 14.8 Å². The molecule has 12 heteroatoms. The van der Waals surface area contributed by atoms with Gasteiger partial charge in [0, 0.05) is 37.9 Å². The molecule has 3 aromatic heterocycles. The summed E-state index contributed by atoms with van der Waals surface area (Å²) in [5, 5.41) is 2.67. The Kier molecular flexibility index (Phi) is 5.44. The Labute approximate surface area is 206 Å². The average Bonchev–Trinajstić information content (AvgIpc) is 3.22. The molecule has 0 aliphatic carbocycles. The van der Waals surface area contributed by atoms with Gasteiger partial charge in [0.2, 0.25) is 5.88 Å². The third-order valence-corrected chi connectivity index (χ3v) is 6.67.